The van der Waals surface area contributed by atoms with Gasteiger partial charge in [0.05, 0.1) is 6.10 Å². The van der Waals surface area contributed by atoms with Gasteiger partial charge in [0, 0.05) is 6.61 Å². The van der Waals surface area contributed by atoms with Gasteiger partial charge in [-0.25, -0.2) is 0 Å². The Kier molecular flexibility index (Phi) is 10.0. The zero-order valence-corrected chi connectivity index (χ0v) is 9.64. The van der Waals surface area contributed by atoms with Crippen LogP contribution >= 0.6 is 0 Å². The van der Waals surface area contributed by atoms with Gasteiger partial charge in [-0.3, -0.25) is 0 Å². The maximum absolute atomic E-state index is 5.66. The maximum Gasteiger partial charge on any atom is 0.0547 e. The van der Waals surface area contributed by atoms with E-state index in [0.29, 0.717) is 6.10 Å². The van der Waals surface area contributed by atoms with Crippen LogP contribution in [0.25, 0.3) is 0 Å². The fraction of sp³-hybridized carbons (Fsp3) is 1.00. The van der Waals surface area contributed by atoms with Crippen LogP contribution in [0.4, 0.5) is 0 Å². The van der Waals surface area contributed by atoms with Crippen molar-refractivity contribution in [1.82, 2.24) is 0 Å². The summed E-state index contributed by atoms with van der Waals surface area (Å²) in [5, 5.41) is 0. The SMILES string of the molecule is CCCCCCC(C)OCCCC. The summed E-state index contributed by atoms with van der Waals surface area (Å²) >= 11 is 0. The summed E-state index contributed by atoms with van der Waals surface area (Å²) < 4.78 is 5.66. The Bertz CT molecular complexity index is 91.1. The Morgan fingerprint density at radius 3 is 2.23 bits per heavy atom. The summed E-state index contributed by atoms with van der Waals surface area (Å²) in [6.45, 7) is 7.60. The molecule has 0 spiro atoms. The molecule has 80 valence electrons. The summed E-state index contributed by atoms with van der Waals surface area (Å²) in [5.41, 5.74) is 0. The summed E-state index contributed by atoms with van der Waals surface area (Å²) in [7, 11) is 0. The molecule has 0 radical (unpaired) electrons. The first-order valence-corrected chi connectivity index (χ1v) is 5.92. The Morgan fingerprint density at radius 2 is 1.62 bits per heavy atom. The maximum atomic E-state index is 5.66. The first-order valence-electron chi connectivity index (χ1n) is 5.92. The predicted molar refractivity (Wildman–Crippen MR) is 59.1 cm³/mol. The number of ether oxygens (including phenoxy) is 1. The molecule has 0 aromatic carbocycles. The van der Waals surface area contributed by atoms with Crippen LogP contribution in [0.1, 0.15) is 65.7 Å². The fourth-order valence-corrected chi connectivity index (χ4v) is 1.37. The molecule has 0 saturated heterocycles. The highest BCUT2D eigenvalue weighted by atomic mass is 16.5. The van der Waals surface area contributed by atoms with Gasteiger partial charge in [-0.2, -0.15) is 0 Å². The van der Waals surface area contributed by atoms with Crippen molar-refractivity contribution in [2.75, 3.05) is 6.61 Å². The van der Waals surface area contributed by atoms with E-state index in [2.05, 4.69) is 20.8 Å². The highest BCUT2D eigenvalue weighted by Gasteiger charge is 2.00. The molecule has 13 heavy (non-hydrogen) atoms. The van der Waals surface area contributed by atoms with Gasteiger partial charge < -0.3 is 4.74 Å². The predicted octanol–water partition coefficient (Wildman–Crippen LogP) is 4.16. The molecule has 0 aliphatic rings. The van der Waals surface area contributed by atoms with Crippen molar-refractivity contribution in [3.63, 3.8) is 0 Å². The van der Waals surface area contributed by atoms with E-state index >= 15 is 0 Å². The zero-order chi connectivity index (χ0) is 9.94. The van der Waals surface area contributed by atoms with E-state index < -0.39 is 0 Å². The molecule has 0 bridgehead atoms. The molecule has 1 heteroatoms. The molecule has 0 heterocycles. The molecule has 0 aliphatic carbocycles. The molecule has 1 atom stereocenters. The molecular formula is C12H26O. The van der Waals surface area contributed by atoms with Gasteiger partial charge in [0.15, 0.2) is 0 Å². The monoisotopic (exact) mass is 186 g/mol. The van der Waals surface area contributed by atoms with E-state index in [-0.39, 0.29) is 0 Å². The van der Waals surface area contributed by atoms with Gasteiger partial charge in [-0.15, -0.1) is 0 Å². The molecule has 0 aromatic heterocycles. The third kappa shape index (κ3) is 9.88. The van der Waals surface area contributed by atoms with E-state index in [4.69, 9.17) is 4.74 Å². The molecule has 1 nitrogen and oxygen atoms in total. The standard InChI is InChI=1S/C12H26O/c1-4-6-8-9-10-12(3)13-11-7-5-2/h12H,4-11H2,1-3H3. The second kappa shape index (κ2) is 10.0. The van der Waals surface area contributed by atoms with Crippen molar-refractivity contribution < 1.29 is 4.74 Å². The van der Waals surface area contributed by atoms with Crippen molar-refractivity contribution in [2.45, 2.75) is 71.8 Å². The van der Waals surface area contributed by atoms with Crippen molar-refractivity contribution >= 4 is 0 Å². The Balaban J connectivity index is 3.05. The van der Waals surface area contributed by atoms with Crippen LogP contribution in [-0.4, -0.2) is 12.7 Å². The zero-order valence-electron chi connectivity index (χ0n) is 9.64. The van der Waals surface area contributed by atoms with Crippen LogP contribution in [0, 0.1) is 0 Å². The third-order valence-electron chi connectivity index (χ3n) is 2.36. The van der Waals surface area contributed by atoms with Crippen LogP contribution < -0.4 is 0 Å². The molecule has 0 rings (SSSR count). The molecule has 0 N–H and O–H groups in total. The van der Waals surface area contributed by atoms with E-state index in [0.717, 1.165) is 6.61 Å². The first-order chi connectivity index (χ1) is 6.31. The largest absolute Gasteiger partial charge is 0.379 e. The quantitative estimate of drug-likeness (QED) is 0.491. The molecule has 0 fully saturated rings. The van der Waals surface area contributed by atoms with Gasteiger partial charge in [0.25, 0.3) is 0 Å². The smallest absolute Gasteiger partial charge is 0.0547 e. The Morgan fingerprint density at radius 1 is 0.923 bits per heavy atom. The van der Waals surface area contributed by atoms with Gasteiger partial charge >= 0.3 is 0 Å². The number of unbranched alkanes of at least 4 members (excludes halogenated alkanes) is 4. The second-order valence-corrected chi connectivity index (χ2v) is 3.88. The van der Waals surface area contributed by atoms with Crippen LogP contribution in [0.2, 0.25) is 0 Å². The Hall–Kier alpha value is -0.0400. The third-order valence-corrected chi connectivity index (χ3v) is 2.36. The average molecular weight is 186 g/mol. The lowest BCUT2D eigenvalue weighted by molar-refractivity contribution is 0.0566. The van der Waals surface area contributed by atoms with E-state index in [9.17, 15) is 0 Å². The van der Waals surface area contributed by atoms with Gasteiger partial charge in [-0.05, 0) is 19.8 Å². The van der Waals surface area contributed by atoms with E-state index in [1.165, 1.54) is 44.9 Å². The molecule has 0 saturated carbocycles. The van der Waals surface area contributed by atoms with E-state index in [1.54, 1.807) is 0 Å². The van der Waals surface area contributed by atoms with Gasteiger partial charge in [0.1, 0.15) is 0 Å². The minimum atomic E-state index is 0.475. The van der Waals surface area contributed by atoms with Crippen molar-refractivity contribution in [3.8, 4) is 0 Å². The highest BCUT2D eigenvalue weighted by Crippen LogP contribution is 2.08. The normalized spacial score (nSPS) is 13.2. The lowest BCUT2D eigenvalue weighted by Gasteiger charge is -2.12. The first kappa shape index (κ1) is 13.0. The summed E-state index contributed by atoms with van der Waals surface area (Å²) in [4.78, 5) is 0. The molecule has 0 amide bonds. The average Bonchev–Trinajstić information content (AvgIpc) is 2.13. The van der Waals surface area contributed by atoms with Crippen molar-refractivity contribution in [3.05, 3.63) is 0 Å². The highest BCUT2D eigenvalue weighted by molar-refractivity contribution is 4.51. The summed E-state index contributed by atoms with van der Waals surface area (Å²) in [6.07, 6.45) is 9.57. The van der Waals surface area contributed by atoms with Crippen LogP contribution in [0.5, 0.6) is 0 Å². The topological polar surface area (TPSA) is 9.23 Å². The molecule has 0 aromatic rings. The second-order valence-electron chi connectivity index (χ2n) is 3.88. The molecule has 0 aliphatic heterocycles. The van der Waals surface area contributed by atoms with Crippen LogP contribution in [0.15, 0.2) is 0 Å². The minimum Gasteiger partial charge on any atom is -0.379 e. The summed E-state index contributed by atoms with van der Waals surface area (Å²) in [5.74, 6) is 0. The number of hydrogen-bond donors (Lipinski definition) is 0. The number of hydrogen-bond acceptors (Lipinski definition) is 1. The van der Waals surface area contributed by atoms with Crippen molar-refractivity contribution in [2.24, 2.45) is 0 Å². The van der Waals surface area contributed by atoms with Crippen LogP contribution in [-0.2, 0) is 4.74 Å². The lowest BCUT2D eigenvalue weighted by atomic mass is 10.1. The molecule has 1 unspecified atom stereocenters. The van der Waals surface area contributed by atoms with Gasteiger partial charge in [0.2, 0.25) is 0 Å². The van der Waals surface area contributed by atoms with Gasteiger partial charge in [-0.1, -0.05) is 46.0 Å². The Labute approximate surface area is 83.9 Å². The molecular weight excluding hydrogens is 160 g/mol. The number of rotatable bonds is 9. The van der Waals surface area contributed by atoms with Crippen LogP contribution in [0.3, 0.4) is 0 Å². The lowest BCUT2D eigenvalue weighted by Crippen LogP contribution is -2.08. The fourth-order valence-electron chi connectivity index (χ4n) is 1.37. The summed E-state index contributed by atoms with van der Waals surface area (Å²) in [6, 6.07) is 0. The van der Waals surface area contributed by atoms with E-state index in [1.807, 2.05) is 0 Å². The van der Waals surface area contributed by atoms with Crippen molar-refractivity contribution in [1.29, 1.82) is 0 Å². The minimum absolute atomic E-state index is 0.475.